The first kappa shape index (κ1) is 19.2. The Morgan fingerprint density at radius 3 is 2.41 bits per heavy atom. The number of halogens is 2. The Morgan fingerprint density at radius 2 is 1.69 bits per heavy atom. The van der Waals surface area contributed by atoms with Crippen molar-refractivity contribution >= 4 is 33.7 Å². The molecule has 0 spiro atoms. The van der Waals surface area contributed by atoms with E-state index in [9.17, 15) is 9.18 Å². The van der Waals surface area contributed by atoms with Crippen LogP contribution in [0.2, 0.25) is 0 Å². The molecular weight excluding hydrogens is 435 g/mol. The third-order valence-corrected chi connectivity index (χ3v) is 4.94. The lowest BCUT2D eigenvalue weighted by Crippen LogP contribution is -1.98. The zero-order valence-corrected chi connectivity index (χ0v) is 16.9. The summed E-state index contributed by atoms with van der Waals surface area (Å²) in [6.45, 7) is 0.152. The summed E-state index contributed by atoms with van der Waals surface area (Å²) in [6, 6.07) is 21.3. The third kappa shape index (κ3) is 4.63. The van der Waals surface area contributed by atoms with Crippen LogP contribution in [-0.4, -0.2) is 5.97 Å². The number of ether oxygens (including phenoxy) is 2. The Balaban J connectivity index is 1.46. The smallest absolute Gasteiger partial charge is 0.343 e. The standard InChI is InChI=1S/C24H16BrFO3/c25-20-9-7-17(8-10-20)23-14-19(24(27)29-23)13-16-5-11-21(12-6-16)28-15-18-3-1-2-4-22(18)26/h1-14H,15H2/b19-13+. The second kappa shape index (κ2) is 8.45. The Bertz CT molecular complexity index is 1100. The summed E-state index contributed by atoms with van der Waals surface area (Å²) in [5.74, 6) is 0.471. The SMILES string of the molecule is O=C1OC(c2ccc(Br)cc2)=C/C1=C\c1ccc(OCc2ccccc2F)cc1. The van der Waals surface area contributed by atoms with Gasteiger partial charge in [0.05, 0.1) is 5.57 Å². The van der Waals surface area contributed by atoms with Gasteiger partial charge in [0.25, 0.3) is 0 Å². The molecule has 0 aliphatic carbocycles. The lowest BCUT2D eigenvalue weighted by molar-refractivity contribution is -0.130. The van der Waals surface area contributed by atoms with Crippen molar-refractivity contribution in [2.45, 2.75) is 6.61 Å². The van der Waals surface area contributed by atoms with Crippen LogP contribution in [0.15, 0.2) is 88.9 Å². The van der Waals surface area contributed by atoms with Gasteiger partial charge in [-0.05, 0) is 48.0 Å². The molecule has 3 aromatic rings. The van der Waals surface area contributed by atoms with Crippen molar-refractivity contribution in [1.29, 1.82) is 0 Å². The largest absolute Gasteiger partial charge is 0.489 e. The van der Waals surface area contributed by atoms with Crippen molar-refractivity contribution < 1.29 is 18.7 Å². The normalized spacial score (nSPS) is 14.6. The van der Waals surface area contributed by atoms with Crippen LogP contribution in [0.4, 0.5) is 4.39 Å². The maximum absolute atomic E-state index is 13.7. The predicted octanol–water partition coefficient (Wildman–Crippen LogP) is 6.15. The molecule has 0 fully saturated rings. The molecule has 0 radical (unpaired) electrons. The molecule has 4 rings (SSSR count). The summed E-state index contributed by atoms with van der Waals surface area (Å²) < 4.78 is 25.6. The molecule has 0 bridgehead atoms. The molecule has 0 saturated carbocycles. The molecule has 1 heterocycles. The highest BCUT2D eigenvalue weighted by molar-refractivity contribution is 9.10. The molecule has 3 aromatic carbocycles. The Kier molecular flexibility index (Phi) is 5.58. The number of esters is 1. The lowest BCUT2D eigenvalue weighted by atomic mass is 10.1. The Hall–Kier alpha value is -3.18. The van der Waals surface area contributed by atoms with E-state index in [4.69, 9.17) is 9.47 Å². The average Bonchev–Trinajstić information content (AvgIpc) is 3.09. The van der Waals surface area contributed by atoms with Gasteiger partial charge in [0, 0.05) is 15.6 Å². The van der Waals surface area contributed by atoms with Gasteiger partial charge in [0.2, 0.25) is 0 Å². The molecule has 1 aliphatic heterocycles. The van der Waals surface area contributed by atoms with Gasteiger partial charge in [0.1, 0.15) is 23.9 Å². The van der Waals surface area contributed by atoms with E-state index in [0.717, 1.165) is 15.6 Å². The van der Waals surface area contributed by atoms with Crippen molar-refractivity contribution in [3.8, 4) is 5.75 Å². The maximum Gasteiger partial charge on any atom is 0.343 e. The number of hydrogen-bond acceptors (Lipinski definition) is 3. The second-order valence-corrected chi connectivity index (χ2v) is 7.37. The van der Waals surface area contributed by atoms with Crippen LogP contribution in [0.25, 0.3) is 11.8 Å². The van der Waals surface area contributed by atoms with Crippen LogP contribution in [0.3, 0.4) is 0 Å². The van der Waals surface area contributed by atoms with Crippen molar-refractivity contribution in [2.75, 3.05) is 0 Å². The third-order valence-electron chi connectivity index (χ3n) is 4.41. The van der Waals surface area contributed by atoms with Crippen molar-refractivity contribution in [2.24, 2.45) is 0 Å². The topological polar surface area (TPSA) is 35.5 Å². The molecule has 5 heteroatoms. The van der Waals surface area contributed by atoms with Gasteiger partial charge in [-0.15, -0.1) is 0 Å². The van der Waals surface area contributed by atoms with Crippen molar-refractivity contribution in [3.05, 3.63) is 111 Å². The minimum absolute atomic E-state index is 0.152. The molecule has 3 nitrogen and oxygen atoms in total. The van der Waals surface area contributed by atoms with Crippen molar-refractivity contribution in [1.82, 2.24) is 0 Å². The minimum Gasteiger partial charge on any atom is -0.489 e. The van der Waals surface area contributed by atoms with Crippen LogP contribution in [0.5, 0.6) is 5.75 Å². The highest BCUT2D eigenvalue weighted by atomic mass is 79.9. The summed E-state index contributed by atoms with van der Waals surface area (Å²) in [5, 5.41) is 0. The van der Waals surface area contributed by atoms with E-state index in [-0.39, 0.29) is 18.4 Å². The maximum atomic E-state index is 13.7. The summed E-state index contributed by atoms with van der Waals surface area (Å²) in [5.41, 5.74) is 2.64. The van der Waals surface area contributed by atoms with Crippen LogP contribution in [0.1, 0.15) is 16.7 Å². The van der Waals surface area contributed by atoms with E-state index < -0.39 is 0 Å². The predicted molar refractivity (Wildman–Crippen MR) is 113 cm³/mol. The molecule has 0 N–H and O–H groups in total. The van der Waals surface area contributed by atoms with Gasteiger partial charge in [-0.3, -0.25) is 0 Å². The van der Waals surface area contributed by atoms with Gasteiger partial charge in [0.15, 0.2) is 0 Å². The van der Waals surface area contributed by atoms with E-state index in [0.29, 0.717) is 22.6 Å². The molecule has 0 atom stereocenters. The summed E-state index contributed by atoms with van der Waals surface area (Å²) >= 11 is 3.39. The lowest BCUT2D eigenvalue weighted by Gasteiger charge is -2.07. The van der Waals surface area contributed by atoms with Crippen LogP contribution in [0, 0.1) is 5.82 Å². The fourth-order valence-electron chi connectivity index (χ4n) is 2.86. The highest BCUT2D eigenvalue weighted by Gasteiger charge is 2.21. The number of benzene rings is 3. The fraction of sp³-hybridized carbons (Fsp3) is 0.0417. The van der Waals surface area contributed by atoms with E-state index in [1.165, 1.54) is 6.07 Å². The monoisotopic (exact) mass is 450 g/mol. The summed E-state index contributed by atoms with van der Waals surface area (Å²) in [4.78, 5) is 12.2. The summed E-state index contributed by atoms with van der Waals surface area (Å²) in [7, 11) is 0. The molecule has 0 aromatic heterocycles. The zero-order chi connectivity index (χ0) is 20.2. The molecular formula is C24H16BrFO3. The van der Waals surface area contributed by atoms with E-state index in [1.807, 2.05) is 36.4 Å². The molecule has 144 valence electrons. The van der Waals surface area contributed by atoms with Crippen LogP contribution in [-0.2, 0) is 16.1 Å². The Morgan fingerprint density at radius 1 is 0.966 bits per heavy atom. The number of rotatable bonds is 5. The highest BCUT2D eigenvalue weighted by Crippen LogP contribution is 2.28. The first-order chi connectivity index (χ1) is 14.1. The van der Waals surface area contributed by atoms with E-state index in [2.05, 4.69) is 15.9 Å². The number of carbonyl (C=O) groups is 1. The summed E-state index contributed by atoms with van der Waals surface area (Å²) in [6.07, 6.45) is 3.49. The number of cyclic esters (lactones) is 1. The van der Waals surface area contributed by atoms with Gasteiger partial charge >= 0.3 is 5.97 Å². The van der Waals surface area contributed by atoms with Gasteiger partial charge in [-0.2, -0.15) is 0 Å². The van der Waals surface area contributed by atoms with E-state index >= 15 is 0 Å². The average molecular weight is 451 g/mol. The van der Waals surface area contributed by atoms with Crippen molar-refractivity contribution in [3.63, 3.8) is 0 Å². The van der Waals surface area contributed by atoms with Crippen LogP contribution < -0.4 is 4.74 Å². The number of carbonyl (C=O) groups excluding carboxylic acids is 1. The molecule has 0 amide bonds. The zero-order valence-electron chi connectivity index (χ0n) is 15.3. The second-order valence-electron chi connectivity index (χ2n) is 6.45. The van der Waals surface area contributed by atoms with Gasteiger partial charge in [-0.25, -0.2) is 9.18 Å². The van der Waals surface area contributed by atoms with E-state index in [1.54, 1.807) is 42.5 Å². The first-order valence-corrected chi connectivity index (χ1v) is 9.75. The quantitative estimate of drug-likeness (QED) is 0.345. The molecule has 1 aliphatic rings. The molecule has 29 heavy (non-hydrogen) atoms. The first-order valence-electron chi connectivity index (χ1n) is 8.96. The molecule has 0 unspecified atom stereocenters. The fourth-order valence-corrected chi connectivity index (χ4v) is 3.13. The van der Waals surface area contributed by atoms with Crippen LogP contribution >= 0.6 is 15.9 Å². The Labute approximate surface area is 176 Å². The molecule has 0 saturated heterocycles. The van der Waals surface area contributed by atoms with Gasteiger partial charge in [-0.1, -0.05) is 58.4 Å². The number of hydrogen-bond donors (Lipinski definition) is 0. The van der Waals surface area contributed by atoms with Gasteiger partial charge < -0.3 is 9.47 Å². The minimum atomic E-state index is -0.386.